The van der Waals surface area contributed by atoms with E-state index in [9.17, 15) is 74.6 Å². The zero-order valence-electron chi connectivity index (χ0n) is 22.7. The van der Waals surface area contributed by atoms with Gasteiger partial charge in [-0.1, -0.05) is 40.0 Å². The van der Waals surface area contributed by atoms with E-state index in [1.165, 1.54) is 0 Å². The Hall–Kier alpha value is -1.30. The molecule has 0 bridgehead atoms. The Morgan fingerprint density at radius 3 is 0.929 bits per heavy atom. The summed E-state index contributed by atoms with van der Waals surface area (Å²) in [6.45, 7) is 5.95. The standard InChI is InChI=1S/C23H33F17N.FH/c1-4-7-12-41(13-8-5-2,14-9-6-3)15-10-11-16(24,25)17(26,27)18(28,29)19(30,31)20(32,33)21(34,35)22(36,37)23(38,39)40;/h4-15H2,1-3H3;1H/q+1;/p-1. The lowest BCUT2D eigenvalue weighted by atomic mass is 9.88. The lowest BCUT2D eigenvalue weighted by Crippen LogP contribution is -3.00. The summed E-state index contributed by atoms with van der Waals surface area (Å²) >= 11 is 0. The van der Waals surface area contributed by atoms with E-state index >= 15 is 0 Å². The summed E-state index contributed by atoms with van der Waals surface area (Å²) in [4.78, 5) is 0. The summed E-state index contributed by atoms with van der Waals surface area (Å²) in [5.41, 5.74) is 0. The number of rotatable bonds is 19. The minimum Gasteiger partial charge on any atom is -1.00 e. The Kier molecular flexibility index (Phi) is 14.5. The fourth-order valence-electron chi connectivity index (χ4n) is 4.14. The molecule has 19 heteroatoms. The maximum Gasteiger partial charge on any atom is 0.460 e. The van der Waals surface area contributed by atoms with Crippen molar-refractivity contribution in [2.75, 3.05) is 26.2 Å². The number of hydrogen-bond donors (Lipinski definition) is 0. The van der Waals surface area contributed by atoms with Crippen molar-refractivity contribution in [2.24, 2.45) is 0 Å². The summed E-state index contributed by atoms with van der Waals surface area (Å²) < 4.78 is 229. The Labute approximate surface area is 230 Å². The van der Waals surface area contributed by atoms with E-state index < -0.39 is 60.5 Å². The molecule has 42 heavy (non-hydrogen) atoms. The first-order valence-corrected chi connectivity index (χ1v) is 12.7. The topological polar surface area (TPSA) is 0 Å². The van der Waals surface area contributed by atoms with Gasteiger partial charge in [0.15, 0.2) is 0 Å². The Balaban J connectivity index is 0. The van der Waals surface area contributed by atoms with Gasteiger partial charge in [0, 0.05) is 12.8 Å². The molecule has 0 aromatic heterocycles. The van der Waals surface area contributed by atoms with Crippen LogP contribution in [0.5, 0.6) is 0 Å². The van der Waals surface area contributed by atoms with Crippen molar-refractivity contribution in [3.05, 3.63) is 0 Å². The van der Waals surface area contributed by atoms with Gasteiger partial charge < -0.3 is 9.19 Å². The SMILES string of the molecule is CCCC[N+](CCCC)(CCCC)CCCC(F)(F)C(F)(F)C(F)(F)C(F)(F)C(F)(F)C(F)(F)C(F)(F)C(F)(F)F.[F-]. The van der Waals surface area contributed by atoms with Gasteiger partial charge in [-0.3, -0.25) is 0 Å². The summed E-state index contributed by atoms with van der Waals surface area (Å²) in [6, 6.07) is 0. The molecule has 0 saturated heterocycles. The van der Waals surface area contributed by atoms with Crippen molar-refractivity contribution >= 4 is 0 Å². The highest BCUT2D eigenvalue weighted by molar-refractivity contribution is 5.15. The average Bonchev–Trinajstić information content (AvgIpc) is 2.83. The van der Waals surface area contributed by atoms with Gasteiger partial charge in [-0.15, -0.1) is 0 Å². The molecule has 0 aliphatic heterocycles. The molecule has 0 aromatic carbocycles. The largest absolute Gasteiger partial charge is 1.00 e. The maximum atomic E-state index is 14.3. The first kappa shape index (κ1) is 42.8. The van der Waals surface area contributed by atoms with Crippen LogP contribution in [0.15, 0.2) is 0 Å². The molecule has 0 fully saturated rings. The third-order valence-electron chi connectivity index (χ3n) is 6.87. The van der Waals surface area contributed by atoms with Crippen LogP contribution in [0.1, 0.15) is 72.1 Å². The quantitative estimate of drug-likeness (QED) is 0.103. The molecule has 0 spiro atoms. The molecule has 0 unspecified atom stereocenters. The third kappa shape index (κ3) is 7.67. The molecular formula is C23H33F18N. The molecule has 0 rings (SSSR count). The number of hydrogen-bond acceptors (Lipinski definition) is 0. The summed E-state index contributed by atoms with van der Waals surface area (Å²) in [6.07, 6.45) is -7.77. The first-order valence-electron chi connectivity index (χ1n) is 12.7. The van der Waals surface area contributed by atoms with Crippen molar-refractivity contribution in [2.45, 2.75) is 120 Å². The summed E-state index contributed by atoms with van der Waals surface area (Å²) in [7, 11) is 0. The molecule has 0 amide bonds. The van der Waals surface area contributed by atoms with Crippen molar-refractivity contribution in [1.82, 2.24) is 0 Å². The summed E-state index contributed by atoms with van der Waals surface area (Å²) in [5.74, 6) is -55.9. The summed E-state index contributed by atoms with van der Waals surface area (Å²) in [5, 5.41) is 0. The maximum absolute atomic E-state index is 14.3. The Morgan fingerprint density at radius 2 is 0.643 bits per heavy atom. The van der Waals surface area contributed by atoms with Crippen LogP contribution < -0.4 is 4.70 Å². The van der Waals surface area contributed by atoms with Gasteiger partial charge in [0.25, 0.3) is 0 Å². The number of halogens is 18. The fourth-order valence-corrected chi connectivity index (χ4v) is 4.14. The molecule has 0 atom stereocenters. The average molecular weight is 665 g/mol. The van der Waals surface area contributed by atoms with Crippen molar-refractivity contribution in [1.29, 1.82) is 0 Å². The van der Waals surface area contributed by atoms with Gasteiger partial charge in [0.1, 0.15) is 0 Å². The van der Waals surface area contributed by atoms with Crippen LogP contribution in [0.25, 0.3) is 0 Å². The molecule has 0 saturated carbocycles. The van der Waals surface area contributed by atoms with E-state index in [1.54, 1.807) is 20.8 Å². The molecule has 0 heterocycles. The van der Waals surface area contributed by atoms with Crippen molar-refractivity contribution in [3.8, 4) is 0 Å². The number of unbranched alkanes of at least 4 members (excludes halogenated alkanes) is 3. The van der Waals surface area contributed by atoms with Crippen LogP contribution in [-0.4, -0.2) is 78.3 Å². The van der Waals surface area contributed by atoms with Crippen LogP contribution in [0, 0.1) is 0 Å². The lowest BCUT2D eigenvalue weighted by molar-refractivity contribution is -0.929. The van der Waals surface area contributed by atoms with Gasteiger partial charge in [0.05, 0.1) is 26.2 Å². The highest BCUT2D eigenvalue weighted by atomic mass is 19.4. The van der Waals surface area contributed by atoms with E-state index in [0.29, 0.717) is 58.2 Å². The first-order chi connectivity index (χ1) is 18.1. The van der Waals surface area contributed by atoms with E-state index in [1.807, 2.05) is 0 Å². The second-order valence-electron chi connectivity index (χ2n) is 10.0. The monoisotopic (exact) mass is 665 g/mol. The normalized spacial score (nSPS) is 15.1. The van der Waals surface area contributed by atoms with Gasteiger partial charge >= 0.3 is 47.6 Å². The van der Waals surface area contributed by atoms with Crippen LogP contribution in [0.3, 0.4) is 0 Å². The number of nitrogens with zero attached hydrogens (tertiary/aromatic N) is 1. The Bertz CT molecular complexity index is 784. The molecule has 0 aromatic rings. The zero-order chi connectivity index (χ0) is 33.0. The minimum atomic E-state index is -8.59. The third-order valence-corrected chi connectivity index (χ3v) is 6.87. The second kappa shape index (κ2) is 14.2. The van der Waals surface area contributed by atoms with Crippen LogP contribution in [0.4, 0.5) is 74.6 Å². The van der Waals surface area contributed by atoms with Gasteiger partial charge in [-0.25, -0.2) is 0 Å². The van der Waals surface area contributed by atoms with E-state index in [4.69, 9.17) is 0 Å². The molecule has 0 aliphatic carbocycles. The number of alkyl halides is 17. The van der Waals surface area contributed by atoms with Crippen molar-refractivity contribution in [3.63, 3.8) is 0 Å². The number of quaternary nitrogens is 1. The smallest absolute Gasteiger partial charge is 0.460 e. The van der Waals surface area contributed by atoms with E-state index in [0.717, 1.165) is 0 Å². The van der Waals surface area contributed by atoms with Crippen LogP contribution in [0.2, 0.25) is 0 Å². The Morgan fingerprint density at radius 1 is 0.381 bits per heavy atom. The molecule has 0 aliphatic rings. The predicted molar refractivity (Wildman–Crippen MR) is 114 cm³/mol. The van der Waals surface area contributed by atoms with Gasteiger partial charge in [0.2, 0.25) is 0 Å². The lowest BCUT2D eigenvalue weighted by Gasteiger charge is -2.43. The second-order valence-corrected chi connectivity index (χ2v) is 10.0. The highest BCUT2D eigenvalue weighted by Crippen LogP contribution is 2.64. The zero-order valence-corrected chi connectivity index (χ0v) is 22.7. The van der Waals surface area contributed by atoms with Crippen LogP contribution in [-0.2, 0) is 0 Å². The predicted octanol–water partition coefficient (Wildman–Crippen LogP) is 7.00. The molecule has 0 N–H and O–H groups in total. The molecule has 0 radical (unpaired) electrons. The highest BCUT2D eigenvalue weighted by Gasteiger charge is 2.95. The fraction of sp³-hybridized carbons (Fsp3) is 1.00. The minimum absolute atomic E-state index is 0. The van der Waals surface area contributed by atoms with Gasteiger partial charge in [-0.2, -0.15) is 74.6 Å². The van der Waals surface area contributed by atoms with Crippen LogP contribution >= 0.6 is 0 Å². The molecular weight excluding hydrogens is 632 g/mol. The molecule has 256 valence electrons. The van der Waals surface area contributed by atoms with Crippen molar-refractivity contribution < 1.29 is 83.8 Å². The van der Waals surface area contributed by atoms with E-state index in [2.05, 4.69) is 0 Å². The van der Waals surface area contributed by atoms with Gasteiger partial charge in [-0.05, 0) is 19.3 Å². The molecule has 1 nitrogen and oxygen atoms in total. The van der Waals surface area contributed by atoms with E-state index in [-0.39, 0.29) is 15.7 Å².